The molecule has 1 aromatic rings. The summed E-state index contributed by atoms with van der Waals surface area (Å²) in [4.78, 5) is 24.6. The maximum Gasteiger partial charge on any atom is 0.413 e. The normalized spacial score (nSPS) is 22.1. The minimum atomic E-state index is -4.70. The van der Waals surface area contributed by atoms with E-state index >= 15 is 0 Å². The topological polar surface area (TPSA) is 64.6 Å². The third-order valence-electron chi connectivity index (χ3n) is 4.45. The van der Waals surface area contributed by atoms with E-state index in [0.717, 1.165) is 6.08 Å². The minimum absolute atomic E-state index is 0.0579. The van der Waals surface area contributed by atoms with Gasteiger partial charge < -0.3 is 14.8 Å². The Labute approximate surface area is 153 Å². The highest BCUT2D eigenvalue weighted by Crippen LogP contribution is 2.45. The molecule has 1 heterocycles. The van der Waals surface area contributed by atoms with Crippen molar-refractivity contribution >= 4 is 11.9 Å². The number of ether oxygens (including phenoxy) is 2. The molecule has 1 aromatic carbocycles. The number of nitrogens with one attached hydrogen (secondary N) is 1. The lowest BCUT2D eigenvalue weighted by Crippen LogP contribution is -2.39. The van der Waals surface area contributed by atoms with Crippen molar-refractivity contribution in [2.45, 2.75) is 25.6 Å². The highest BCUT2D eigenvalue weighted by molar-refractivity contribution is 5.97. The second kappa shape index (κ2) is 7.56. The van der Waals surface area contributed by atoms with Crippen LogP contribution in [0.1, 0.15) is 23.7 Å². The van der Waals surface area contributed by atoms with Gasteiger partial charge in [-0.25, -0.2) is 4.79 Å². The molecule has 2 atom stereocenters. The lowest BCUT2D eigenvalue weighted by Gasteiger charge is -2.31. The van der Waals surface area contributed by atoms with Crippen molar-refractivity contribution in [1.29, 1.82) is 0 Å². The van der Waals surface area contributed by atoms with E-state index in [2.05, 4.69) is 5.32 Å². The summed E-state index contributed by atoms with van der Waals surface area (Å²) in [5, 5.41) is 2.59. The summed E-state index contributed by atoms with van der Waals surface area (Å²) in [5.74, 6) is -2.63. The van der Waals surface area contributed by atoms with Crippen molar-refractivity contribution in [2.75, 3.05) is 13.2 Å². The molecule has 0 aromatic heterocycles. The van der Waals surface area contributed by atoms with Gasteiger partial charge in [0.25, 0.3) is 5.91 Å². The van der Waals surface area contributed by atoms with Crippen molar-refractivity contribution in [1.82, 2.24) is 5.32 Å². The summed E-state index contributed by atoms with van der Waals surface area (Å²) in [6.07, 6.45) is -4.55. The van der Waals surface area contributed by atoms with E-state index in [9.17, 15) is 22.8 Å². The summed E-state index contributed by atoms with van der Waals surface area (Å²) < 4.78 is 51.2. The quantitative estimate of drug-likeness (QED) is 0.814. The Morgan fingerprint density at radius 1 is 1.26 bits per heavy atom. The van der Waals surface area contributed by atoms with Crippen LogP contribution in [0.4, 0.5) is 13.2 Å². The molecule has 0 radical (unpaired) electrons. The van der Waals surface area contributed by atoms with Gasteiger partial charge in [0.05, 0.1) is 17.8 Å². The predicted octanol–water partition coefficient (Wildman–Crippen LogP) is 3.14. The fourth-order valence-electron chi connectivity index (χ4n) is 3.35. The van der Waals surface area contributed by atoms with E-state index in [0.29, 0.717) is 5.56 Å². The molecule has 2 aliphatic rings. The lowest BCUT2D eigenvalue weighted by molar-refractivity contribution is -0.140. The monoisotopic (exact) mass is 381 g/mol. The van der Waals surface area contributed by atoms with Gasteiger partial charge in [0.2, 0.25) is 0 Å². The summed E-state index contributed by atoms with van der Waals surface area (Å²) in [7, 11) is 0. The Bertz CT molecular complexity index is 799. The molecule has 1 aliphatic heterocycles. The third kappa shape index (κ3) is 3.90. The number of hydrogen-bond donors (Lipinski definition) is 1. The zero-order valence-electron chi connectivity index (χ0n) is 14.5. The maximum atomic E-state index is 13.6. The molecule has 8 heteroatoms. The molecular weight excluding hydrogens is 363 g/mol. The van der Waals surface area contributed by atoms with Gasteiger partial charge in [-0.2, -0.15) is 13.2 Å². The highest BCUT2D eigenvalue weighted by atomic mass is 19.4. The van der Waals surface area contributed by atoms with Crippen molar-refractivity contribution in [2.24, 2.45) is 5.92 Å². The fraction of sp³-hybridized carbons (Fsp3) is 0.368. The molecule has 1 N–H and O–H groups in total. The summed E-state index contributed by atoms with van der Waals surface area (Å²) in [5.41, 5.74) is -1.07. The minimum Gasteiger partial charge on any atom is -0.462 e. The first-order chi connectivity index (χ1) is 12.8. The Kier molecular flexibility index (Phi) is 5.36. The van der Waals surface area contributed by atoms with Crippen LogP contribution in [0.25, 0.3) is 0 Å². The Morgan fingerprint density at radius 2 is 1.96 bits per heavy atom. The second-order valence-corrected chi connectivity index (χ2v) is 6.15. The molecule has 1 amide bonds. The maximum absolute atomic E-state index is 13.6. The van der Waals surface area contributed by atoms with E-state index in [1.54, 1.807) is 30.3 Å². The molecule has 0 saturated carbocycles. The van der Waals surface area contributed by atoms with E-state index in [1.807, 2.05) is 0 Å². The molecule has 144 valence electrons. The van der Waals surface area contributed by atoms with Gasteiger partial charge in [0.1, 0.15) is 6.10 Å². The molecule has 0 bridgehead atoms. The van der Waals surface area contributed by atoms with Crippen LogP contribution in [0.3, 0.4) is 0 Å². The van der Waals surface area contributed by atoms with Crippen LogP contribution in [0.5, 0.6) is 0 Å². The first-order valence-electron chi connectivity index (χ1n) is 8.51. The first kappa shape index (κ1) is 19.2. The Hall–Kier alpha value is -2.61. The van der Waals surface area contributed by atoms with Gasteiger partial charge in [-0.3, -0.25) is 4.79 Å². The molecule has 0 unspecified atom stereocenters. The van der Waals surface area contributed by atoms with Crippen molar-refractivity contribution in [3.8, 4) is 0 Å². The number of esters is 1. The largest absolute Gasteiger partial charge is 0.462 e. The van der Waals surface area contributed by atoms with E-state index < -0.39 is 41.2 Å². The van der Waals surface area contributed by atoms with Crippen LogP contribution >= 0.6 is 0 Å². The second-order valence-electron chi connectivity index (χ2n) is 6.15. The molecule has 5 nitrogen and oxygen atoms in total. The number of hydrogen-bond acceptors (Lipinski definition) is 4. The van der Waals surface area contributed by atoms with Crippen LogP contribution in [0.15, 0.2) is 53.3 Å². The smallest absolute Gasteiger partial charge is 0.413 e. The van der Waals surface area contributed by atoms with Gasteiger partial charge >= 0.3 is 12.1 Å². The van der Waals surface area contributed by atoms with E-state index in [-0.39, 0.29) is 25.3 Å². The number of carbonyl (C=O) groups is 2. The SMILES string of the molecule is CCOC(=O)C1=C(C(F)(F)F)[C@@H]2CCO[C@@H]2C(NC(=O)c2ccccc2)=C1. The first-order valence-corrected chi connectivity index (χ1v) is 8.51. The predicted molar refractivity (Wildman–Crippen MR) is 89.6 cm³/mol. The number of amides is 1. The van der Waals surface area contributed by atoms with E-state index in [4.69, 9.17) is 9.47 Å². The number of carbonyl (C=O) groups excluding carboxylic acids is 2. The zero-order chi connectivity index (χ0) is 19.6. The fourth-order valence-corrected chi connectivity index (χ4v) is 3.35. The number of alkyl halides is 3. The van der Waals surface area contributed by atoms with Crippen molar-refractivity contribution < 1.29 is 32.2 Å². The highest BCUT2D eigenvalue weighted by Gasteiger charge is 2.50. The number of fused-ring (bicyclic) bond motifs is 1. The van der Waals surface area contributed by atoms with Crippen LogP contribution in [-0.2, 0) is 14.3 Å². The molecule has 1 fully saturated rings. The molecule has 27 heavy (non-hydrogen) atoms. The zero-order valence-corrected chi connectivity index (χ0v) is 14.5. The molecule has 1 saturated heterocycles. The summed E-state index contributed by atoms with van der Waals surface area (Å²) >= 11 is 0. The van der Waals surface area contributed by atoms with Gasteiger partial charge in [0, 0.05) is 23.8 Å². The van der Waals surface area contributed by atoms with Crippen LogP contribution in [0, 0.1) is 5.92 Å². The number of halogens is 3. The van der Waals surface area contributed by atoms with Gasteiger partial charge in [-0.05, 0) is 31.6 Å². The van der Waals surface area contributed by atoms with Crippen LogP contribution < -0.4 is 5.32 Å². The van der Waals surface area contributed by atoms with Crippen LogP contribution in [0.2, 0.25) is 0 Å². The summed E-state index contributed by atoms with van der Waals surface area (Å²) in [6, 6.07) is 8.24. The number of benzene rings is 1. The van der Waals surface area contributed by atoms with Gasteiger partial charge in [-0.1, -0.05) is 18.2 Å². The Balaban J connectivity index is 2.01. The lowest BCUT2D eigenvalue weighted by atomic mass is 9.82. The van der Waals surface area contributed by atoms with Gasteiger partial charge in [-0.15, -0.1) is 0 Å². The average molecular weight is 381 g/mol. The van der Waals surface area contributed by atoms with Crippen molar-refractivity contribution in [3.05, 3.63) is 58.8 Å². The average Bonchev–Trinajstić information content (AvgIpc) is 3.10. The van der Waals surface area contributed by atoms with Gasteiger partial charge in [0.15, 0.2) is 0 Å². The van der Waals surface area contributed by atoms with Crippen LogP contribution in [-0.4, -0.2) is 37.4 Å². The molecule has 3 rings (SSSR count). The Morgan fingerprint density at radius 3 is 2.59 bits per heavy atom. The number of rotatable bonds is 4. The summed E-state index contributed by atoms with van der Waals surface area (Å²) in [6.45, 7) is 1.55. The van der Waals surface area contributed by atoms with E-state index in [1.165, 1.54) is 6.92 Å². The molecular formula is C19H18F3NO4. The molecule has 0 spiro atoms. The standard InChI is InChI=1S/C19H18F3NO4/c1-2-26-18(25)13-10-14(23-17(24)11-6-4-3-5-7-11)16-12(8-9-27-16)15(13)19(20,21)22/h3-7,10,12,16H,2,8-9H2,1H3,(H,23,24)/t12-,16-/m0/s1. The third-order valence-corrected chi connectivity index (χ3v) is 4.45. The van der Waals surface area contributed by atoms with Crippen molar-refractivity contribution in [3.63, 3.8) is 0 Å². The molecule has 1 aliphatic carbocycles.